The summed E-state index contributed by atoms with van der Waals surface area (Å²) in [7, 11) is 0. The molecule has 1 aliphatic heterocycles. The SMILES string of the molecule is CC(=O)N1CCN(C(c2ccccc2F)c2sc3nc(C)nn3c2O)CC1. The highest BCUT2D eigenvalue weighted by Gasteiger charge is 2.33. The number of nitrogens with zero attached hydrogens (tertiary/aromatic N) is 5. The molecule has 3 heterocycles. The lowest BCUT2D eigenvalue weighted by molar-refractivity contribution is -0.130. The first-order valence-electron chi connectivity index (χ1n) is 8.74. The van der Waals surface area contributed by atoms with Gasteiger partial charge in [-0.25, -0.2) is 9.37 Å². The van der Waals surface area contributed by atoms with E-state index in [9.17, 15) is 14.3 Å². The van der Waals surface area contributed by atoms with Crippen LogP contribution in [0, 0.1) is 12.7 Å². The van der Waals surface area contributed by atoms with Crippen LogP contribution in [0.15, 0.2) is 24.3 Å². The highest BCUT2D eigenvalue weighted by Crippen LogP contribution is 2.40. The number of aromatic hydroxyl groups is 1. The summed E-state index contributed by atoms with van der Waals surface area (Å²) in [5.74, 6) is 0.263. The topological polar surface area (TPSA) is 74.0 Å². The van der Waals surface area contributed by atoms with E-state index in [1.54, 1.807) is 36.9 Å². The predicted octanol–water partition coefficient (Wildman–Crippen LogP) is 2.20. The molecular formula is C18H20FN5O2S. The summed E-state index contributed by atoms with van der Waals surface area (Å²) in [6, 6.07) is 6.13. The van der Waals surface area contributed by atoms with Crippen LogP contribution in [-0.4, -0.2) is 61.6 Å². The number of thiazole rings is 1. The van der Waals surface area contributed by atoms with E-state index < -0.39 is 6.04 Å². The molecule has 1 aliphatic rings. The third-order valence-electron chi connectivity index (χ3n) is 4.88. The Morgan fingerprint density at radius 1 is 1.26 bits per heavy atom. The van der Waals surface area contributed by atoms with Crippen molar-refractivity contribution in [3.05, 3.63) is 46.3 Å². The Kier molecular flexibility index (Phi) is 4.56. The van der Waals surface area contributed by atoms with Crippen LogP contribution in [0.5, 0.6) is 5.88 Å². The largest absolute Gasteiger partial charge is 0.492 e. The quantitative estimate of drug-likeness (QED) is 0.743. The summed E-state index contributed by atoms with van der Waals surface area (Å²) < 4.78 is 16.1. The van der Waals surface area contributed by atoms with Crippen molar-refractivity contribution in [3.63, 3.8) is 0 Å². The molecule has 0 spiro atoms. The van der Waals surface area contributed by atoms with Gasteiger partial charge < -0.3 is 10.0 Å². The van der Waals surface area contributed by atoms with Gasteiger partial charge in [0.15, 0.2) is 0 Å². The van der Waals surface area contributed by atoms with E-state index in [1.807, 2.05) is 0 Å². The number of halogens is 1. The standard InChI is InChI=1S/C18H20FN5O2S/c1-11-20-18-24(21-11)17(26)16(27-18)15(13-5-3-4-6-14(13)19)23-9-7-22(8-10-23)12(2)25/h3-6,15,26H,7-10H2,1-2H3. The summed E-state index contributed by atoms with van der Waals surface area (Å²) in [4.78, 5) is 21.0. The third-order valence-corrected chi connectivity index (χ3v) is 5.95. The van der Waals surface area contributed by atoms with Crippen LogP contribution in [0.1, 0.15) is 29.2 Å². The van der Waals surface area contributed by atoms with Crippen LogP contribution >= 0.6 is 11.3 Å². The zero-order valence-electron chi connectivity index (χ0n) is 15.1. The maximum Gasteiger partial charge on any atom is 0.230 e. The maximum absolute atomic E-state index is 14.7. The Bertz CT molecular complexity index is 993. The van der Waals surface area contributed by atoms with Gasteiger partial charge in [0.1, 0.15) is 11.6 Å². The average molecular weight is 389 g/mol. The summed E-state index contributed by atoms with van der Waals surface area (Å²) in [6.45, 7) is 5.63. The molecule has 7 nitrogen and oxygen atoms in total. The molecule has 0 radical (unpaired) electrons. The lowest BCUT2D eigenvalue weighted by Crippen LogP contribution is -2.49. The fourth-order valence-electron chi connectivity index (χ4n) is 3.52. The molecule has 0 bridgehead atoms. The molecule has 27 heavy (non-hydrogen) atoms. The molecule has 1 aromatic carbocycles. The Hall–Kier alpha value is -2.52. The van der Waals surface area contributed by atoms with Crippen LogP contribution in [0.2, 0.25) is 0 Å². The molecule has 3 aromatic rings. The molecule has 1 amide bonds. The maximum atomic E-state index is 14.7. The second kappa shape index (κ2) is 6.90. The van der Waals surface area contributed by atoms with E-state index in [0.29, 0.717) is 47.4 Å². The fraction of sp³-hybridized carbons (Fsp3) is 0.389. The number of carbonyl (C=O) groups is 1. The Balaban J connectivity index is 1.77. The Morgan fingerprint density at radius 3 is 2.59 bits per heavy atom. The number of carbonyl (C=O) groups excluding carboxylic acids is 1. The van der Waals surface area contributed by atoms with E-state index in [-0.39, 0.29) is 17.6 Å². The highest BCUT2D eigenvalue weighted by molar-refractivity contribution is 7.17. The number of piperazine rings is 1. The number of hydrogen-bond donors (Lipinski definition) is 1. The highest BCUT2D eigenvalue weighted by atomic mass is 32.1. The second-order valence-corrected chi connectivity index (χ2v) is 7.62. The smallest absolute Gasteiger partial charge is 0.230 e. The van der Waals surface area contributed by atoms with Gasteiger partial charge in [0.25, 0.3) is 0 Å². The minimum Gasteiger partial charge on any atom is -0.492 e. The zero-order valence-corrected chi connectivity index (χ0v) is 15.9. The van der Waals surface area contributed by atoms with Gasteiger partial charge in [0.05, 0.1) is 10.9 Å². The number of aryl methyl sites for hydroxylation is 1. The monoisotopic (exact) mass is 389 g/mol. The van der Waals surface area contributed by atoms with Crippen molar-refractivity contribution in [2.45, 2.75) is 19.9 Å². The van der Waals surface area contributed by atoms with Gasteiger partial charge in [-0.05, 0) is 13.0 Å². The summed E-state index contributed by atoms with van der Waals surface area (Å²) in [5.41, 5.74) is 0.491. The van der Waals surface area contributed by atoms with Crippen LogP contribution < -0.4 is 0 Å². The molecule has 1 unspecified atom stereocenters. The normalized spacial score (nSPS) is 16.8. The van der Waals surface area contributed by atoms with Gasteiger partial charge in [0.2, 0.25) is 16.7 Å². The number of aromatic nitrogens is 3. The summed E-state index contributed by atoms with van der Waals surface area (Å²) in [6.07, 6.45) is 0. The van der Waals surface area contributed by atoms with E-state index in [4.69, 9.17) is 0 Å². The molecule has 1 N–H and O–H groups in total. The van der Waals surface area contributed by atoms with Crippen LogP contribution in [0.25, 0.3) is 4.96 Å². The van der Waals surface area contributed by atoms with Crippen LogP contribution in [-0.2, 0) is 4.79 Å². The van der Waals surface area contributed by atoms with Crippen molar-refractivity contribution in [1.82, 2.24) is 24.4 Å². The van der Waals surface area contributed by atoms with Crippen molar-refractivity contribution in [1.29, 1.82) is 0 Å². The number of rotatable bonds is 3. The molecule has 1 saturated heterocycles. The molecule has 1 atom stereocenters. The molecular weight excluding hydrogens is 369 g/mol. The number of fused-ring (bicyclic) bond motifs is 1. The van der Waals surface area contributed by atoms with Gasteiger partial charge in [-0.3, -0.25) is 9.69 Å². The molecule has 0 aliphatic carbocycles. The van der Waals surface area contributed by atoms with Crippen LogP contribution in [0.3, 0.4) is 0 Å². The van der Waals surface area contributed by atoms with Crippen molar-refractivity contribution < 1.29 is 14.3 Å². The van der Waals surface area contributed by atoms with Crippen molar-refractivity contribution >= 4 is 22.2 Å². The Labute approximate surface area is 159 Å². The summed E-state index contributed by atoms with van der Waals surface area (Å²) >= 11 is 1.31. The van der Waals surface area contributed by atoms with E-state index >= 15 is 0 Å². The molecule has 4 rings (SSSR count). The molecule has 9 heteroatoms. The second-order valence-electron chi connectivity index (χ2n) is 6.61. The lowest BCUT2D eigenvalue weighted by atomic mass is 10.0. The van der Waals surface area contributed by atoms with Crippen LogP contribution in [0.4, 0.5) is 4.39 Å². The van der Waals surface area contributed by atoms with E-state index in [0.717, 1.165) is 0 Å². The van der Waals surface area contributed by atoms with Crippen molar-refractivity contribution in [2.24, 2.45) is 0 Å². The number of amides is 1. The van der Waals surface area contributed by atoms with Gasteiger partial charge in [0, 0.05) is 38.7 Å². The van der Waals surface area contributed by atoms with Gasteiger partial charge in [-0.2, -0.15) is 4.52 Å². The fourth-order valence-corrected chi connectivity index (χ4v) is 4.68. The summed E-state index contributed by atoms with van der Waals surface area (Å²) in [5, 5.41) is 15.0. The van der Waals surface area contributed by atoms with Gasteiger partial charge in [-0.1, -0.05) is 29.5 Å². The minimum atomic E-state index is -0.464. The lowest BCUT2D eigenvalue weighted by Gasteiger charge is -2.38. The first-order valence-corrected chi connectivity index (χ1v) is 9.56. The van der Waals surface area contributed by atoms with Gasteiger partial charge in [-0.15, -0.1) is 5.10 Å². The first-order chi connectivity index (χ1) is 13.0. The van der Waals surface area contributed by atoms with Gasteiger partial charge >= 0.3 is 0 Å². The number of benzene rings is 1. The van der Waals surface area contributed by atoms with Crippen molar-refractivity contribution in [3.8, 4) is 5.88 Å². The molecule has 0 saturated carbocycles. The number of hydrogen-bond acceptors (Lipinski definition) is 6. The third kappa shape index (κ3) is 3.17. The average Bonchev–Trinajstić information content (AvgIpc) is 3.15. The van der Waals surface area contributed by atoms with E-state index in [1.165, 1.54) is 21.9 Å². The van der Waals surface area contributed by atoms with Crippen molar-refractivity contribution in [2.75, 3.05) is 26.2 Å². The first kappa shape index (κ1) is 17.9. The predicted molar refractivity (Wildman–Crippen MR) is 99.3 cm³/mol. The zero-order chi connectivity index (χ0) is 19.1. The molecule has 2 aromatic heterocycles. The molecule has 142 valence electrons. The molecule has 1 fully saturated rings. The van der Waals surface area contributed by atoms with E-state index in [2.05, 4.69) is 15.0 Å². The Morgan fingerprint density at radius 2 is 1.96 bits per heavy atom. The minimum absolute atomic E-state index is 0.0159.